The van der Waals surface area contributed by atoms with Crippen molar-refractivity contribution in [2.75, 3.05) is 12.5 Å². The largest absolute Gasteiger partial charge is 0.508 e. The van der Waals surface area contributed by atoms with Crippen LogP contribution >= 0.6 is 23.5 Å². The van der Waals surface area contributed by atoms with Crippen molar-refractivity contribution in [3.05, 3.63) is 23.5 Å². The smallest absolute Gasteiger partial charge is 0.114 e. The summed E-state index contributed by atoms with van der Waals surface area (Å²) >= 11 is 3.68. The van der Waals surface area contributed by atoms with E-state index >= 15 is 0 Å². The third-order valence-corrected chi connectivity index (χ3v) is 6.02. The fourth-order valence-corrected chi connectivity index (χ4v) is 3.70. The molecule has 1 atom stereocenters. The summed E-state index contributed by atoms with van der Waals surface area (Å²) in [5, 5.41) is 9.55. The van der Waals surface area contributed by atoms with Gasteiger partial charge in [-0.25, -0.2) is 0 Å². The molecule has 0 saturated carbocycles. The predicted molar refractivity (Wildman–Crippen MR) is 63.4 cm³/mol. The van der Waals surface area contributed by atoms with Gasteiger partial charge in [-0.3, -0.25) is 0 Å². The number of allylic oxidation sites excluding steroid dienone is 2. The highest BCUT2D eigenvalue weighted by Gasteiger charge is 2.36. The van der Waals surface area contributed by atoms with Crippen LogP contribution in [0.3, 0.4) is 0 Å². The molecular formula is C10H16OS2. The van der Waals surface area contributed by atoms with Crippen molar-refractivity contribution < 1.29 is 5.11 Å². The maximum atomic E-state index is 9.55. The zero-order valence-corrected chi connectivity index (χ0v) is 10.1. The van der Waals surface area contributed by atoms with Gasteiger partial charge in [0.05, 0.1) is 4.08 Å². The second-order valence-electron chi connectivity index (χ2n) is 3.25. The molecule has 3 heteroatoms. The van der Waals surface area contributed by atoms with Gasteiger partial charge in [0.1, 0.15) is 5.76 Å². The molecule has 1 unspecified atom stereocenters. The van der Waals surface area contributed by atoms with Gasteiger partial charge in [0, 0.05) is 5.92 Å². The summed E-state index contributed by atoms with van der Waals surface area (Å²) in [5.74, 6) is 0.828. The Balaban J connectivity index is 3.03. The number of hydrogen-bond donors (Lipinski definition) is 1. The van der Waals surface area contributed by atoms with E-state index < -0.39 is 0 Å². The Morgan fingerprint density at radius 1 is 1.38 bits per heavy atom. The van der Waals surface area contributed by atoms with Crippen LogP contribution < -0.4 is 0 Å². The molecule has 0 aromatic rings. The Kier molecular flexibility index (Phi) is 3.41. The Labute approximate surface area is 88.7 Å². The van der Waals surface area contributed by atoms with Gasteiger partial charge < -0.3 is 5.11 Å². The van der Waals surface area contributed by atoms with Crippen LogP contribution in [0.15, 0.2) is 23.5 Å². The lowest BCUT2D eigenvalue weighted by molar-refractivity contribution is 0.408. The standard InChI is InChI=1S/C10H16OS2/c1-7-8(2)10(12-3,13-4)6-5-9(7)11/h5-6,8,11H,1-4H3. The van der Waals surface area contributed by atoms with Crippen LogP contribution in [0, 0.1) is 5.92 Å². The van der Waals surface area contributed by atoms with Crippen molar-refractivity contribution >= 4 is 23.5 Å². The molecule has 0 aromatic heterocycles. The van der Waals surface area contributed by atoms with Gasteiger partial charge >= 0.3 is 0 Å². The molecular weight excluding hydrogens is 200 g/mol. The maximum absolute atomic E-state index is 9.55. The molecule has 0 bridgehead atoms. The minimum Gasteiger partial charge on any atom is -0.508 e. The number of thioether (sulfide) groups is 2. The molecule has 1 aliphatic rings. The molecule has 0 saturated heterocycles. The lowest BCUT2D eigenvalue weighted by Crippen LogP contribution is -2.30. The van der Waals surface area contributed by atoms with Crippen molar-refractivity contribution in [3.63, 3.8) is 0 Å². The van der Waals surface area contributed by atoms with Gasteiger partial charge in [-0.05, 0) is 31.1 Å². The highest BCUT2D eigenvalue weighted by molar-refractivity contribution is 8.17. The molecule has 0 spiro atoms. The van der Waals surface area contributed by atoms with E-state index in [0.717, 1.165) is 5.57 Å². The maximum Gasteiger partial charge on any atom is 0.114 e. The third-order valence-electron chi connectivity index (χ3n) is 2.77. The summed E-state index contributed by atoms with van der Waals surface area (Å²) in [5.41, 5.74) is 1.09. The van der Waals surface area contributed by atoms with E-state index in [1.165, 1.54) is 0 Å². The van der Waals surface area contributed by atoms with Crippen LogP contribution in [-0.4, -0.2) is 21.7 Å². The topological polar surface area (TPSA) is 20.2 Å². The van der Waals surface area contributed by atoms with Crippen molar-refractivity contribution in [2.45, 2.75) is 17.9 Å². The van der Waals surface area contributed by atoms with Crippen LogP contribution in [0.4, 0.5) is 0 Å². The van der Waals surface area contributed by atoms with E-state index in [2.05, 4.69) is 25.5 Å². The number of aliphatic hydroxyl groups excluding tert-OH is 1. The molecule has 0 aromatic carbocycles. The first-order chi connectivity index (χ1) is 6.07. The Morgan fingerprint density at radius 3 is 2.38 bits per heavy atom. The van der Waals surface area contributed by atoms with E-state index in [4.69, 9.17) is 0 Å². The first-order valence-corrected chi connectivity index (χ1v) is 6.71. The van der Waals surface area contributed by atoms with E-state index in [0.29, 0.717) is 11.7 Å². The van der Waals surface area contributed by atoms with Gasteiger partial charge in [0.2, 0.25) is 0 Å². The molecule has 13 heavy (non-hydrogen) atoms. The zero-order chi connectivity index (χ0) is 10.1. The average Bonchev–Trinajstić information content (AvgIpc) is 2.16. The van der Waals surface area contributed by atoms with Crippen molar-refractivity contribution in [1.29, 1.82) is 0 Å². The third kappa shape index (κ3) is 1.77. The first kappa shape index (κ1) is 11.1. The Morgan fingerprint density at radius 2 is 1.92 bits per heavy atom. The molecule has 0 amide bonds. The normalized spacial score (nSPS) is 26.6. The fourth-order valence-electron chi connectivity index (χ4n) is 1.57. The summed E-state index contributed by atoms with van der Waals surface area (Å²) in [4.78, 5) is 0. The second kappa shape index (κ2) is 4.01. The minimum absolute atomic E-state index is 0.107. The van der Waals surface area contributed by atoms with Gasteiger partial charge in [-0.1, -0.05) is 13.0 Å². The minimum atomic E-state index is 0.107. The zero-order valence-electron chi connectivity index (χ0n) is 8.50. The van der Waals surface area contributed by atoms with Crippen molar-refractivity contribution in [3.8, 4) is 0 Å². The van der Waals surface area contributed by atoms with Crippen LogP contribution in [0.25, 0.3) is 0 Å². The predicted octanol–water partition coefficient (Wildman–Crippen LogP) is 3.45. The molecule has 0 aliphatic heterocycles. The van der Waals surface area contributed by atoms with Gasteiger partial charge in [-0.15, -0.1) is 23.5 Å². The van der Waals surface area contributed by atoms with E-state index in [9.17, 15) is 5.11 Å². The highest BCUT2D eigenvalue weighted by Crippen LogP contribution is 2.47. The first-order valence-electron chi connectivity index (χ1n) is 4.26. The molecule has 0 fully saturated rings. The molecule has 1 rings (SSSR count). The van der Waals surface area contributed by atoms with E-state index in [1.807, 2.05) is 36.5 Å². The number of hydrogen-bond acceptors (Lipinski definition) is 3. The molecule has 0 heterocycles. The lowest BCUT2D eigenvalue weighted by Gasteiger charge is -2.36. The van der Waals surface area contributed by atoms with Crippen molar-refractivity contribution in [2.24, 2.45) is 5.92 Å². The molecule has 74 valence electrons. The number of aliphatic hydroxyl groups is 1. The Bertz CT molecular complexity index is 252. The highest BCUT2D eigenvalue weighted by atomic mass is 32.2. The fraction of sp³-hybridized carbons (Fsp3) is 0.600. The van der Waals surface area contributed by atoms with E-state index in [1.54, 1.807) is 0 Å². The van der Waals surface area contributed by atoms with Crippen LogP contribution in [0.1, 0.15) is 13.8 Å². The van der Waals surface area contributed by atoms with Crippen LogP contribution in [-0.2, 0) is 0 Å². The molecule has 1 N–H and O–H groups in total. The molecule has 1 aliphatic carbocycles. The summed E-state index contributed by atoms with van der Waals surface area (Å²) in [7, 11) is 0. The summed E-state index contributed by atoms with van der Waals surface area (Å²) < 4.78 is 0.107. The van der Waals surface area contributed by atoms with Gasteiger partial charge in [-0.2, -0.15) is 0 Å². The SMILES string of the molecule is CSC1(SC)C=CC(O)=C(C)C1C. The second-order valence-corrected chi connectivity index (χ2v) is 5.68. The lowest BCUT2D eigenvalue weighted by atomic mass is 9.92. The van der Waals surface area contributed by atoms with Crippen molar-refractivity contribution in [1.82, 2.24) is 0 Å². The average molecular weight is 216 g/mol. The summed E-state index contributed by atoms with van der Waals surface area (Å²) in [6, 6.07) is 0. The Hall–Kier alpha value is -0.0200. The monoisotopic (exact) mass is 216 g/mol. The van der Waals surface area contributed by atoms with Crippen LogP contribution in [0.5, 0.6) is 0 Å². The number of rotatable bonds is 2. The summed E-state index contributed by atoms with van der Waals surface area (Å²) in [6.45, 7) is 4.17. The molecule has 0 radical (unpaired) electrons. The quantitative estimate of drug-likeness (QED) is 0.714. The van der Waals surface area contributed by atoms with Gasteiger partial charge in [0.25, 0.3) is 0 Å². The van der Waals surface area contributed by atoms with E-state index in [-0.39, 0.29) is 4.08 Å². The summed E-state index contributed by atoms with van der Waals surface area (Å²) in [6.07, 6.45) is 8.16. The van der Waals surface area contributed by atoms with Crippen LogP contribution in [0.2, 0.25) is 0 Å². The van der Waals surface area contributed by atoms with Gasteiger partial charge in [0.15, 0.2) is 0 Å². The molecule has 1 nitrogen and oxygen atoms in total.